The van der Waals surface area contributed by atoms with Crippen molar-refractivity contribution in [3.8, 4) is 11.5 Å². The van der Waals surface area contributed by atoms with Crippen LogP contribution in [0.3, 0.4) is 0 Å². The number of aryl methyl sites for hydroxylation is 1. The highest BCUT2D eigenvalue weighted by Gasteiger charge is 2.36. The fourth-order valence-electron chi connectivity index (χ4n) is 4.40. The normalized spacial score (nSPS) is 21.9. The van der Waals surface area contributed by atoms with Crippen LogP contribution in [0.15, 0.2) is 36.4 Å². The Balaban J connectivity index is 1.38. The highest BCUT2D eigenvalue weighted by molar-refractivity contribution is 5.70. The molecular weight excluding hydrogens is 387 g/mol. The number of hydrogen-bond acceptors (Lipinski definition) is 5. The zero-order valence-corrected chi connectivity index (χ0v) is 17.0. The average molecular weight is 414 g/mol. The van der Waals surface area contributed by atoms with Gasteiger partial charge in [-0.25, -0.2) is 9.18 Å². The molecule has 3 N–H and O–H groups in total. The number of carbonyl (C=O) groups excluding carboxylic acids is 1. The molecule has 2 atom stereocenters. The summed E-state index contributed by atoms with van der Waals surface area (Å²) in [6, 6.07) is 9.29. The number of rotatable bonds is 3. The highest BCUT2D eigenvalue weighted by atomic mass is 19.1. The molecule has 160 valence electrons. The molecule has 4 rings (SSSR count). The molecular formula is C23H27FN2O4. The molecule has 0 spiro atoms. The Hall–Kier alpha value is -2.64. The van der Waals surface area contributed by atoms with Crippen LogP contribution < -0.4 is 10.5 Å². The van der Waals surface area contributed by atoms with Gasteiger partial charge >= 0.3 is 6.09 Å². The fraction of sp³-hybridized carbons (Fsp3) is 0.435. The van der Waals surface area contributed by atoms with Gasteiger partial charge in [0.05, 0.1) is 12.2 Å². The van der Waals surface area contributed by atoms with Gasteiger partial charge in [-0.05, 0) is 61.1 Å². The lowest BCUT2D eigenvalue weighted by Crippen LogP contribution is -2.45. The van der Waals surface area contributed by atoms with Gasteiger partial charge in [0, 0.05) is 31.6 Å². The summed E-state index contributed by atoms with van der Waals surface area (Å²) in [4.78, 5) is 14.1. The summed E-state index contributed by atoms with van der Waals surface area (Å²) < 4.78 is 24.6. The number of amides is 1. The number of carbonyl (C=O) groups is 1. The first-order valence-electron chi connectivity index (χ1n) is 10.4. The first-order chi connectivity index (χ1) is 14.5. The van der Waals surface area contributed by atoms with E-state index in [1.54, 1.807) is 4.90 Å². The number of aromatic hydroxyl groups is 1. The molecule has 2 aromatic rings. The molecule has 7 heteroatoms. The molecule has 2 aliphatic rings. The van der Waals surface area contributed by atoms with Gasteiger partial charge in [-0.3, -0.25) is 0 Å². The number of benzene rings is 2. The fourth-order valence-corrected chi connectivity index (χ4v) is 4.40. The largest absolute Gasteiger partial charge is 0.507 e. The molecule has 2 aliphatic heterocycles. The number of hydrogen-bond donors (Lipinski definition) is 2. The topological polar surface area (TPSA) is 85.0 Å². The Morgan fingerprint density at radius 3 is 2.60 bits per heavy atom. The second kappa shape index (κ2) is 8.62. The maximum atomic E-state index is 13.0. The number of likely N-dealkylation sites (tertiary alicyclic amines) is 1. The third kappa shape index (κ3) is 4.13. The zero-order valence-electron chi connectivity index (χ0n) is 17.0. The molecule has 1 saturated heterocycles. The standard InChI is InChI=1S/C23H27FN2O4/c1-14-2-7-18-19(22(14)27)12-20(30-21(18)13-25)15-8-10-26(11-9-15)23(28)29-17-5-3-16(24)4-6-17/h2-7,15,20-21,27H,8-13,25H2,1H3. The van der Waals surface area contributed by atoms with Gasteiger partial charge in [0.15, 0.2) is 0 Å². The van der Waals surface area contributed by atoms with Crippen molar-refractivity contribution in [1.29, 1.82) is 0 Å². The molecule has 0 aliphatic carbocycles. The lowest BCUT2D eigenvalue weighted by molar-refractivity contribution is -0.0633. The highest BCUT2D eigenvalue weighted by Crippen LogP contribution is 2.40. The molecule has 1 amide bonds. The summed E-state index contributed by atoms with van der Waals surface area (Å²) in [6.07, 6.45) is 1.50. The summed E-state index contributed by atoms with van der Waals surface area (Å²) in [5, 5.41) is 10.6. The van der Waals surface area contributed by atoms with Gasteiger partial charge < -0.3 is 25.2 Å². The minimum Gasteiger partial charge on any atom is -0.507 e. The number of phenolic OH excluding ortho intramolecular Hbond substituents is 1. The summed E-state index contributed by atoms with van der Waals surface area (Å²) in [7, 11) is 0. The van der Waals surface area contributed by atoms with Gasteiger partial charge in [0.2, 0.25) is 0 Å². The van der Waals surface area contributed by atoms with E-state index in [0.717, 1.165) is 29.5 Å². The molecule has 0 bridgehead atoms. The van der Waals surface area contributed by atoms with E-state index < -0.39 is 6.09 Å². The lowest BCUT2D eigenvalue weighted by atomic mass is 9.83. The summed E-state index contributed by atoms with van der Waals surface area (Å²) in [6.45, 7) is 3.37. The van der Waals surface area contributed by atoms with Crippen LogP contribution in [-0.2, 0) is 11.2 Å². The van der Waals surface area contributed by atoms with Crippen molar-refractivity contribution < 1.29 is 23.8 Å². The van der Waals surface area contributed by atoms with Crippen molar-refractivity contribution >= 4 is 6.09 Å². The summed E-state index contributed by atoms with van der Waals surface area (Å²) in [5.41, 5.74) is 8.69. The molecule has 2 heterocycles. The molecule has 2 aromatic carbocycles. The predicted octanol–water partition coefficient (Wildman–Crippen LogP) is 3.69. The van der Waals surface area contributed by atoms with Crippen LogP contribution in [-0.4, -0.2) is 41.8 Å². The van der Waals surface area contributed by atoms with Gasteiger partial charge in [-0.2, -0.15) is 0 Å². The third-order valence-electron chi connectivity index (χ3n) is 6.17. The molecule has 0 aromatic heterocycles. The number of nitrogens with zero attached hydrogens (tertiary/aromatic N) is 1. The Morgan fingerprint density at radius 1 is 1.23 bits per heavy atom. The number of nitrogens with two attached hydrogens (primary N) is 1. The minimum atomic E-state index is -0.428. The van der Waals surface area contributed by atoms with Crippen LogP contribution in [0.5, 0.6) is 11.5 Å². The number of ether oxygens (including phenoxy) is 2. The molecule has 0 radical (unpaired) electrons. The monoisotopic (exact) mass is 414 g/mol. The van der Waals surface area contributed by atoms with Gasteiger partial charge in [0.25, 0.3) is 0 Å². The average Bonchev–Trinajstić information content (AvgIpc) is 2.77. The molecule has 1 fully saturated rings. The second-order valence-corrected chi connectivity index (χ2v) is 8.05. The van der Waals surface area contributed by atoms with E-state index in [1.165, 1.54) is 24.3 Å². The number of phenols is 1. The van der Waals surface area contributed by atoms with Crippen LogP contribution in [0, 0.1) is 18.7 Å². The van der Waals surface area contributed by atoms with E-state index in [9.17, 15) is 14.3 Å². The SMILES string of the molecule is Cc1ccc2c(c1O)CC(C1CCN(C(=O)Oc3ccc(F)cc3)CC1)OC2CN. The van der Waals surface area contributed by atoms with Crippen LogP contribution in [0.25, 0.3) is 0 Å². The van der Waals surface area contributed by atoms with Crippen molar-refractivity contribution in [3.05, 3.63) is 58.9 Å². The van der Waals surface area contributed by atoms with Gasteiger partial charge in [0.1, 0.15) is 17.3 Å². The lowest BCUT2D eigenvalue weighted by Gasteiger charge is -2.40. The first kappa shape index (κ1) is 20.6. The van der Waals surface area contributed by atoms with E-state index in [-0.39, 0.29) is 23.9 Å². The van der Waals surface area contributed by atoms with E-state index in [0.29, 0.717) is 37.6 Å². The smallest absolute Gasteiger partial charge is 0.415 e. The quantitative estimate of drug-likeness (QED) is 0.800. The van der Waals surface area contributed by atoms with E-state index in [4.69, 9.17) is 15.2 Å². The number of halogens is 1. The van der Waals surface area contributed by atoms with Crippen molar-refractivity contribution in [2.45, 2.75) is 38.4 Å². The third-order valence-corrected chi connectivity index (χ3v) is 6.17. The molecule has 30 heavy (non-hydrogen) atoms. The zero-order chi connectivity index (χ0) is 21.3. The van der Waals surface area contributed by atoms with E-state index in [2.05, 4.69) is 0 Å². The van der Waals surface area contributed by atoms with Crippen molar-refractivity contribution in [2.75, 3.05) is 19.6 Å². The number of fused-ring (bicyclic) bond motifs is 1. The second-order valence-electron chi connectivity index (χ2n) is 8.05. The maximum absolute atomic E-state index is 13.0. The minimum absolute atomic E-state index is 0.0472. The first-order valence-corrected chi connectivity index (χ1v) is 10.4. The van der Waals surface area contributed by atoms with Crippen LogP contribution >= 0.6 is 0 Å². The summed E-state index contributed by atoms with van der Waals surface area (Å²) in [5.74, 6) is 0.551. The van der Waals surface area contributed by atoms with E-state index >= 15 is 0 Å². The number of piperidine rings is 1. The maximum Gasteiger partial charge on any atom is 0.415 e. The van der Waals surface area contributed by atoms with Crippen molar-refractivity contribution in [1.82, 2.24) is 4.90 Å². The van der Waals surface area contributed by atoms with Crippen molar-refractivity contribution in [2.24, 2.45) is 11.7 Å². The Labute approximate surface area is 175 Å². The van der Waals surface area contributed by atoms with Crippen LogP contribution in [0.4, 0.5) is 9.18 Å². The van der Waals surface area contributed by atoms with Crippen LogP contribution in [0.1, 0.15) is 35.6 Å². The predicted molar refractivity (Wildman–Crippen MR) is 110 cm³/mol. The van der Waals surface area contributed by atoms with Gasteiger partial charge in [-0.1, -0.05) is 12.1 Å². The molecule has 6 nitrogen and oxygen atoms in total. The van der Waals surface area contributed by atoms with Crippen LogP contribution in [0.2, 0.25) is 0 Å². The van der Waals surface area contributed by atoms with Crippen molar-refractivity contribution in [3.63, 3.8) is 0 Å². The molecule has 2 unspecified atom stereocenters. The Kier molecular flexibility index (Phi) is 5.92. The van der Waals surface area contributed by atoms with Gasteiger partial charge in [-0.15, -0.1) is 0 Å². The summed E-state index contributed by atoms with van der Waals surface area (Å²) >= 11 is 0. The Bertz CT molecular complexity index is 910. The Morgan fingerprint density at radius 2 is 1.93 bits per heavy atom. The van der Waals surface area contributed by atoms with E-state index in [1.807, 2.05) is 19.1 Å². The molecule has 0 saturated carbocycles.